The zero-order chi connectivity index (χ0) is 19.2. The lowest BCUT2D eigenvalue weighted by molar-refractivity contribution is 0.0937. The first-order chi connectivity index (χ1) is 13.0. The first kappa shape index (κ1) is 18.7. The monoisotopic (exact) mass is 382 g/mol. The first-order valence-electron chi connectivity index (χ1n) is 8.45. The van der Waals surface area contributed by atoms with Crippen LogP contribution in [0.15, 0.2) is 66.9 Å². The van der Waals surface area contributed by atoms with Crippen LogP contribution in [-0.4, -0.2) is 16.0 Å². The van der Waals surface area contributed by atoms with Crippen LogP contribution in [-0.2, 0) is 6.61 Å². The number of nitrogens with one attached hydrogen (secondary N) is 1. The molecular formula is C21H19ClN2O3. The minimum atomic E-state index is -0.401. The van der Waals surface area contributed by atoms with Crippen molar-refractivity contribution in [3.05, 3.63) is 88.7 Å². The first-order valence-corrected chi connectivity index (χ1v) is 8.83. The van der Waals surface area contributed by atoms with E-state index >= 15 is 0 Å². The van der Waals surface area contributed by atoms with Gasteiger partial charge in [0, 0.05) is 11.2 Å². The molecule has 138 valence electrons. The third kappa shape index (κ3) is 4.99. The van der Waals surface area contributed by atoms with Gasteiger partial charge in [0.25, 0.3) is 5.91 Å². The van der Waals surface area contributed by atoms with Crippen molar-refractivity contribution in [2.45, 2.75) is 19.6 Å². The minimum Gasteiger partial charge on any atom is -0.507 e. The average molecular weight is 383 g/mol. The number of nitrogens with zero attached hydrogens (tertiary/aromatic N) is 1. The van der Waals surface area contributed by atoms with Crippen LogP contribution in [0.1, 0.15) is 34.6 Å². The van der Waals surface area contributed by atoms with Gasteiger partial charge in [-0.1, -0.05) is 29.8 Å². The van der Waals surface area contributed by atoms with Crippen LogP contribution in [0.5, 0.6) is 11.5 Å². The van der Waals surface area contributed by atoms with Crippen LogP contribution >= 0.6 is 11.6 Å². The minimum absolute atomic E-state index is 0.114. The largest absolute Gasteiger partial charge is 0.507 e. The zero-order valence-electron chi connectivity index (χ0n) is 14.7. The van der Waals surface area contributed by atoms with Gasteiger partial charge in [-0.15, -0.1) is 0 Å². The Morgan fingerprint density at radius 1 is 1.19 bits per heavy atom. The molecule has 0 aliphatic heterocycles. The summed E-state index contributed by atoms with van der Waals surface area (Å²) in [6.07, 6.45) is 1.72. The summed E-state index contributed by atoms with van der Waals surface area (Å²) in [4.78, 5) is 16.7. The second-order valence-electron chi connectivity index (χ2n) is 6.04. The number of hydrogen-bond acceptors (Lipinski definition) is 4. The summed E-state index contributed by atoms with van der Waals surface area (Å²) in [6, 6.07) is 17.2. The number of halogens is 1. The molecule has 1 aromatic heterocycles. The van der Waals surface area contributed by atoms with E-state index in [9.17, 15) is 9.90 Å². The molecule has 27 heavy (non-hydrogen) atoms. The van der Waals surface area contributed by atoms with Gasteiger partial charge in [-0.3, -0.25) is 9.78 Å². The highest BCUT2D eigenvalue weighted by Gasteiger charge is 2.15. The molecule has 1 atom stereocenters. The number of phenols is 1. The van der Waals surface area contributed by atoms with E-state index < -0.39 is 5.91 Å². The molecule has 0 aliphatic carbocycles. The van der Waals surface area contributed by atoms with Crippen molar-refractivity contribution < 1.29 is 14.6 Å². The Bertz CT molecular complexity index is 932. The van der Waals surface area contributed by atoms with E-state index in [1.807, 2.05) is 49.4 Å². The molecule has 3 rings (SSSR count). The predicted octanol–water partition coefficient (Wildman–Crippen LogP) is 4.51. The van der Waals surface area contributed by atoms with E-state index in [0.717, 1.165) is 11.3 Å². The third-order valence-corrected chi connectivity index (χ3v) is 4.26. The number of phenolic OH excluding ortho intramolecular Hbond substituents is 1. The van der Waals surface area contributed by atoms with Crippen LogP contribution in [0.4, 0.5) is 0 Å². The highest BCUT2D eigenvalue weighted by Crippen LogP contribution is 2.24. The van der Waals surface area contributed by atoms with Gasteiger partial charge in [0.05, 0.1) is 17.3 Å². The number of benzene rings is 2. The van der Waals surface area contributed by atoms with Gasteiger partial charge in [-0.2, -0.15) is 0 Å². The molecule has 1 amide bonds. The van der Waals surface area contributed by atoms with Crippen LogP contribution in [0.3, 0.4) is 0 Å². The summed E-state index contributed by atoms with van der Waals surface area (Å²) in [5.41, 5.74) is 1.85. The maximum absolute atomic E-state index is 12.4. The summed E-state index contributed by atoms with van der Waals surface area (Å²) < 4.78 is 5.77. The maximum atomic E-state index is 12.4. The molecule has 2 N–H and O–H groups in total. The van der Waals surface area contributed by atoms with Crippen molar-refractivity contribution in [3.8, 4) is 11.5 Å². The molecule has 0 fully saturated rings. The van der Waals surface area contributed by atoms with Gasteiger partial charge in [0.15, 0.2) is 0 Å². The van der Waals surface area contributed by atoms with Crippen molar-refractivity contribution in [1.29, 1.82) is 0 Å². The Morgan fingerprint density at radius 3 is 2.81 bits per heavy atom. The van der Waals surface area contributed by atoms with Crippen LogP contribution in [0.25, 0.3) is 0 Å². The zero-order valence-corrected chi connectivity index (χ0v) is 15.5. The quantitative estimate of drug-likeness (QED) is 0.658. The summed E-state index contributed by atoms with van der Waals surface area (Å²) in [6.45, 7) is 2.22. The lowest BCUT2D eigenvalue weighted by Gasteiger charge is -2.16. The number of pyridine rings is 1. The number of rotatable bonds is 6. The van der Waals surface area contributed by atoms with Gasteiger partial charge in [0.2, 0.25) is 0 Å². The molecule has 0 radical (unpaired) electrons. The average Bonchev–Trinajstić information content (AvgIpc) is 2.69. The van der Waals surface area contributed by atoms with Gasteiger partial charge >= 0.3 is 0 Å². The Labute approximate surface area is 162 Å². The van der Waals surface area contributed by atoms with E-state index in [1.165, 1.54) is 18.2 Å². The van der Waals surface area contributed by atoms with Crippen molar-refractivity contribution in [3.63, 3.8) is 0 Å². The fourth-order valence-corrected chi connectivity index (χ4v) is 2.73. The smallest absolute Gasteiger partial charge is 0.255 e. The van der Waals surface area contributed by atoms with Crippen molar-refractivity contribution >= 4 is 17.5 Å². The predicted molar refractivity (Wildman–Crippen MR) is 104 cm³/mol. The van der Waals surface area contributed by atoms with Crippen molar-refractivity contribution in [1.82, 2.24) is 10.3 Å². The Morgan fingerprint density at radius 2 is 2.04 bits per heavy atom. The summed E-state index contributed by atoms with van der Waals surface area (Å²) in [5.74, 6) is 0.170. The molecule has 1 heterocycles. The fourth-order valence-electron chi connectivity index (χ4n) is 2.56. The Balaban J connectivity index is 1.67. The number of ether oxygens (including phenoxy) is 1. The van der Waals surface area contributed by atoms with E-state index in [4.69, 9.17) is 16.3 Å². The molecule has 2 aromatic carbocycles. The molecule has 6 heteroatoms. The number of hydrogen-bond donors (Lipinski definition) is 2. The Kier molecular flexibility index (Phi) is 5.94. The SMILES string of the molecule is CC(NC(=O)c1cc(Cl)ccc1O)c1cccc(OCc2ccccn2)c1. The van der Waals surface area contributed by atoms with E-state index in [0.29, 0.717) is 17.4 Å². The fraction of sp³-hybridized carbons (Fsp3) is 0.143. The van der Waals surface area contributed by atoms with Crippen LogP contribution in [0.2, 0.25) is 5.02 Å². The standard InChI is InChI=1S/C21H19ClN2O3/c1-14(24-21(26)19-12-16(22)8-9-20(19)25)15-5-4-7-18(11-15)27-13-17-6-2-3-10-23-17/h2-12,14,25H,13H2,1H3,(H,24,26). The lowest BCUT2D eigenvalue weighted by atomic mass is 10.1. The highest BCUT2D eigenvalue weighted by atomic mass is 35.5. The molecule has 0 spiro atoms. The van der Waals surface area contributed by atoms with Crippen LogP contribution < -0.4 is 10.1 Å². The number of carbonyl (C=O) groups is 1. The molecule has 0 bridgehead atoms. The molecule has 0 saturated carbocycles. The molecule has 1 unspecified atom stereocenters. The Hall–Kier alpha value is -3.05. The second-order valence-corrected chi connectivity index (χ2v) is 6.48. The maximum Gasteiger partial charge on any atom is 0.255 e. The van der Waals surface area contributed by atoms with Gasteiger partial charge in [0.1, 0.15) is 18.1 Å². The molecule has 3 aromatic rings. The van der Waals surface area contributed by atoms with Crippen molar-refractivity contribution in [2.24, 2.45) is 0 Å². The topological polar surface area (TPSA) is 71.5 Å². The molecular weight excluding hydrogens is 364 g/mol. The molecule has 0 saturated heterocycles. The third-order valence-electron chi connectivity index (χ3n) is 4.02. The van der Waals surface area contributed by atoms with E-state index in [-0.39, 0.29) is 17.4 Å². The number of amides is 1. The normalized spacial score (nSPS) is 11.6. The highest BCUT2D eigenvalue weighted by molar-refractivity contribution is 6.31. The van der Waals surface area contributed by atoms with E-state index in [2.05, 4.69) is 10.3 Å². The van der Waals surface area contributed by atoms with Crippen molar-refractivity contribution in [2.75, 3.05) is 0 Å². The number of carbonyl (C=O) groups excluding carboxylic acids is 1. The van der Waals surface area contributed by atoms with Crippen LogP contribution in [0, 0.1) is 0 Å². The van der Waals surface area contributed by atoms with Gasteiger partial charge in [-0.25, -0.2) is 0 Å². The molecule has 5 nitrogen and oxygen atoms in total. The van der Waals surface area contributed by atoms with Gasteiger partial charge < -0.3 is 15.2 Å². The summed E-state index contributed by atoms with van der Waals surface area (Å²) in [5, 5.41) is 13.1. The van der Waals surface area contributed by atoms with Gasteiger partial charge in [-0.05, 0) is 55.0 Å². The summed E-state index contributed by atoms with van der Waals surface area (Å²) in [7, 11) is 0. The lowest BCUT2D eigenvalue weighted by Crippen LogP contribution is -2.26. The number of aromatic hydroxyl groups is 1. The second kappa shape index (κ2) is 8.56. The summed E-state index contributed by atoms with van der Waals surface area (Å²) >= 11 is 5.91. The number of aromatic nitrogens is 1. The van der Waals surface area contributed by atoms with E-state index in [1.54, 1.807) is 6.20 Å². The molecule has 0 aliphatic rings.